The van der Waals surface area contributed by atoms with Crippen LogP contribution in [0.5, 0.6) is 0 Å². The van der Waals surface area contributed by atoms with Crippen molar-refractivity contribution in [2.24, 2.45) is 0 Å². The number of aromatic amines is 1. The summed E-state index contributed by atoms with van der Waals surface area (Å²) in [6, 6.07) is 9.14. The van der Waals surface area contributed by atoms with Crippen LogP contribution in [0, 0.1) is 0 Å². The fraction of sp³-hybridized carbons (Fsp3) is 0.438. The fourth-order valence-corrected chi connectivity index (χ4v) is 5.28. The van der Waals surface area contributed by atoms with E-state index in [0.29, 0.717) is 18.1 Å². The van der Waals surface area contributed by atoms with Gasteiger partial charge in [-0.15, -0.1) is 5.10 Å². The van der Waals surface area contributed by atoms with Crippen LogP contribution in [0.1, 0.15) is 18.9 Å². The van der Waals surface area contributed by atoms with Crippen LogP contribution in [0.25, 0.3) is 0 Å². The molecule has 0 aliphatic carbocycles. The number of H-pyrrole nitrogens is 1. The molecule has 8 nitrogen and oxygen atoms in total. The summed E-state index contributed by atoms with van der Waals surface area (Å²) in [4.78, 5) is 24.3. The molecule has 1 saturated heterocycles. The third kappa shape index (κ3) is 4.55. The molecule has 10 heteroatoms. The maximum atomic E-state index is 12.3. The van der Waals surface area contributed by atoms with E-state index in [2.05, 4.69) is 15.5 Å². The predicted octanol–water partition coefficient (Wildman–Crippen LogP) is 0.404. The smallest absolute Gasteiger partial charge is 0.344 e. The van der Waals surface area contributed by atoms with E-state index in [1.54, 1.807) is 6.92 Å². The standard InChI is InChI=1S/C16H20N4O4S2/c1-11(14(21)17-13-7-8-26(23,24)10-13)25-16-19-18-15(22)20(16)9-12-5-3-2-4-6-12/h2-6,11,13H,7-10H2,1H3,(H,17,21)(H,18,22)/t11-,13-/m0/s1. The van der Waals surface area contributed by atoms with Crippen molar-refractivity contribution in [2.75, 3.05) is 11.5 Å². The largest absolute Gasteiger partial charge is 0.351 e. The first-order chi connectivity index (χ1) is 12.3. The fourth-order valence-electron chi connectivity index (χ4n) is 2.74. The lowest BCUT2D eigenvalue weighted by atomic mass is 10.2. The number of rotatable bonds is 6. The van der Waals surface area contributed by atoms with Gasteiger partial charge in [0.1, 0.15) is 0 Å². The number of nitrogens with one attached hydrogen (secondary N) is 2. The second kappa shape index (κ2) is 7.67. The molecule has 0 unspecified atom stereocenters. The van der Waals surface area contributed by atoms with Gasteiger partial charge in [-0.2, -0.15) is 0 Å². The molecular weight excluding hydrogens is 376 g/mol. The number of benzene rings is 1. The minimum absolute atomic E-state index is 0.0166. The Morgan fingerprint density at radius 3 is 2.81 bits per heavy atom. The second-order valence-electron chi connectivity index (χ2n) is 6.25. The number of hydrogen-bond donors (Lipinski definition) is 2. The highest BCUT2D eigenvalue weighted by atomic mass is 32.2. The molecule has 1 aliphatic rings. The maximum Gasteiger partial charge on any atom is 0.344 e. The van der Waals surface area contributed by atoms with Crippen LogP contribution < -0.4 is 11.0 Å². The van der Waals surface area contributed by atoms with Crippen molar-refractivity contribution in [1.29, 1.82) is 0 Å². The first-order valence-electron chi connectivity index (χ1n) is 8.20. The van der Waals surface area contributed by atoms with Gasteiger partial charge in [-0.05, 0) is 18.9 Å². The van der Waals surface area contributed by atoms with Crippen molar-refractivity contribution in [1.82, 2.24) is 20.1 Å². The van der Waals surface area contributed by atoms with Gasteiger partial charge in [0, 0.05) is 6.04 Å². The van der Waals surface area contributed by atoms with Gasteiger partial charge >= 0.3 is 5.69 Å². The third-order valence-electron chi connectivity index (χ3n) is 4.14. The van der Waals surface area contributed by atoms with Crippen molar-refractivity contribution in [2.45, 2.75) is 36.3 Å². The van der Waals surface area contributed by atoms with E-state index in [0.717, 1.165) is 17.3 Å². The number of thioether (sulfide) groups is 1. The molecule has 2 aromatic rings. The summed E-state index contributed by atoms with van der Waals surface area (Å²) in [6.45, 7) is 2.06. The Balaban J connectivity index is 1.65. The molecule has 2 N–H and O–H groups in total. The van der Waals surface area contributed by atoms with Crippen LogP contribution in [-0.2, 0) is 21.2 Å². The zero-order valence-corrected chi connectivity index (χ0v) is 15.8. The first-order valence-corrected chi connectivity index (χ1v) is 10.9. The number of aromatic nitrogens is 3. The van der Waals surface area contributed by atoms with E-state index < -0.39 is 15.1 Å². The monoisotopic (exact) mass is 396 g/mol. The predicted molar refractivity (Wildman–Crippen MR) is 98.9 cm³/mol. The van der Waals surface area contributed by atoms with E-state index in [4.69, 9.17) is 0 Å². The second-order valence-corrected chi connectivity index (χ2v) is 9.79. The van der Waals surface area contributed by atoms with Crippen LogP contribution >= 0.6 is 11.8 Å². The van der Waals surface area contributed by atoms with E-state index in [1.807, 2.05) is 30.3 Å². The highest BCUT2D eigenvalue weighted by molar-refractivity contribution is 8.00. The van der Waals surface area contributed by atoms with Crippen LogP contribution in [0.3, 0.4) is 0 Å². The van der Waals surface area contributed by atoms with Crippen LogP contribution in [-0.4, -0.2) is 51.9 Å². The van der Waals surface area contributed by atoms with Crippen molar-refractivity contribution in [3.63, 3.8) is 0 Å². The quantitative estimate of drug-likeness (QED) is 0.684. The molecule has 2 heterocycles. The molecule has 26 heavy (non-hydrogen) atoms. The average molecular weight is 396 g/mol. The first kappa shape index (κ1) is 18.7. The number of sulfone groups is 1. The number of nitrogens with zero attached hydrogens (tertiary/aromatic N) is 2. The molecule has 3 rings (SSSR count). The summed E-state index contributed by atoms with van der Waals surface area (Å²) in [7, 11) is -3.05. The summed E-state index contributed by atoms with van der Waals surface area (Å²) in [5.74, 6) is -0.175. The SMILES string of the molecule is C[C@H](Sc1n[nH]c(=O)n1Cc1ccccc1)C(=O)N[C@H]1CCS(=O)(=O)C1. The van der Waals surface area contributed by atoms with Gasteiger partial charge in [0.05, 0.1) is 23.3 Å². The molecule has 140 valence electrons. The van der Waals surface area contributed by atoms with Crippen LogP contribution in [0.15, 0.2) is 40.3 Å². The Bertz CT molecular complexity index is 937. The minimum Gasteiger partial charge on any atom is -0.351 e. The molecular formula is C16H20N4O4S2. The number of carbonyl (C=O) groups excluding carboxylic acids is 1. The molecule has 1 aromatic carbocycles. The number of amides is 1. The summed E-state index contributed by atoms with van der Waals surface area (Å²) < 4.78 is 24.5. The van der Waals surface area contributed by atoms with E-state index in [1.165, 1.54) is 4.57 Å². The zero-order chi connectivity index (χ0) is 18.7. The molecule has 1 fully saturated rings. The third-order valence-corrected chi connectivity index (χ3v) is 7.00. The van der Waals surface area contributed by atoms with Crippen molar-refractivity contribution < 1.29 is 13.2 Å². The van der Waals surface area contributed by atoms with Gasteiger partial charge in [0.2, 0.25) is 5.91 Å². The lowest BCUT2D eigenvalue weighted by Gasteiger charge is -2.15. The van der Waals surface area contributed by atoms with Gasteiger partial charge in [-0.25, -0.2) is 18.3 Å². The van der Waals surface area contributed by atoms with Gasteiger partial charge in [0.25, 0.3) is 0 Å². The molecule has 0 radical (unpaired) electrons. The van der Waals surface area contributed by atoms with Crippen LogP contribution in [0.2, 0.25) is 0 Å². The highest BCUT2D eigenvalue weighted by Crippen LogP contribution is 2.21. The Morgan fingerprint density at radius 1 is 1.42 bits per heavy atom. The summed E-state index contributed by atoms with van der Waals surface area (Å²) in [5, 5.41) is 9.09. The average Bonchev–Trinajstić information content (AvgIpc) is 3.11. The summed E-state index contributed by atoms with van der Waals surface area (Å²) in [6.07, 6.45) is 0.437. The van der Waals surface area contributed by atoms with Gasteiger partial charge in [-0.1, -0.05) is 42.1 Å². The van der Waals surface area contributed by atoms with Gasteiger partial charge < -0.3 is 5.32 Å². The minimum atomic E-state index is -3.05. The summed E-state index contributed by atoms with van der Waals surface area (Å²) in [5.41, 5.74) is 0.608. The van der Waals surface area contributed by atoms with Crippen molar-refractivity contribution in [3.05, 3.63) is 46.4 Å². The Hall–Kier alpha value is -2.07. The number of hydrogen-bond acceptors (Lipinski definition) is 6. The molecule has 0 saturated carbocycles. The van der Waals surface area contributed by atoms with Gasteiger partial charge in [-0.3, -0.25) is 9.36 Å². The molecule has 0 bridgehead atoms. The Morgan fingerprint density at radius 2 is 2.15 bits per heavy atom. The highest BCUT2D eigenvalue weighted by Gasteiger charge is 2.30. The van der Waals surface area contributed by atoms with E-state index >= 15 is 0 Å². The lowest BCUT2D eigenvalue weighted by Crippen LogP contribution is -2.40. The zero-order valence-electron chi connectivity index (χ0n) is 14.2. The molecule has 2 atom stereocenters. The molecule has 0 spiro atoms. The van der Waals surface area contributed by atoms with E-state index in [9.17, 15) is 18.0 Å². The normalized spacial score (nSPS) is 20.0. The molecule has 1 amide bonds. The Labute approximate surface area is 155 Å². The topological polar surface area (TPSA) is 114 Å². The van der Waals surface area contributed by atoms with Gasteiger partial charge in [0.15, 0.2) is 15.0 Å². The Kier molecular flexibility index (Phi) is 5.52. The van der Waals surface area contributed by atoms with Crippen molar-refractivity contribution >= 4 is 27.5 Å². The maximum absolute atomic E-state index is 12.3. The van der Waals surface area contributed by atoms with E-state index in [-0.39, 0.29) is 29.1 Å². The molecule has 1 aromatic heterocycles. The van der Waals surface area contributed by atoms with Crippen molar-refractivity contribution in [3.8, 4) is 0 Å². The summed E-state index contributed by atoms with van der Waals surface area (Å²) >= 11 is 1.16. The molecule has 1 aliphatic heterocycles. The number of carbonyl (C=O) groups is 1. The lowest BCUT2D eigenvalue weighted by molar-refractivity contribution is -0.120. The van der Waals surface area contributed by atoms with Crippen LogP contribution in [0.4, 0.5) is 0 Å².